The van der Waals surface area contributed by atoms with Gasteiger partial charge >= 0.3 is 5.97 Å². The Kier molecular flexibility index (Phi) is 4.16. The number of hydrogen-bond acceptors (Lipinski definition) is 3. The van der Waals surface area contributed by atoms with E-state index in [4.69, 9.17) is 4.74 Å². The molecule has 1 aromatic heterocycles. The molecule has 1 heterocycles. The summed E-state index contributed by atoms with van der Waals surface area (Å²) in [7, 11) is 0. The fourth-order valence-corrected chi connectivity index (χ4v) is 1.13. The van der Waals surface area contributed by atoms with E-state index < -0.39 is 0 Å². The van der Waals surface area contributed by atoms with E-state index in [0.29, 0.717) is 12.3 Å². The van der Waals surface area contributed by atoms with Crippen LogP contribution in [-0.4, -0.2) is 22.8 Å². The average Bonchev–Trinajstić information content (AvgIpc) is 2.63. The quantitative estimate of drug-likeness (QED) is 0.732. The Hall–Kier alpha value is -1.32. The highest BCUT2D eigenvalue weighted by Gasteiger charge is 2.10. The van der Waals surface area contributed by atoms with Crippen LogP contribution < -0.4 is 0 Å². The average molecular weight is 196 g/mol. The Morgan fingerprint density at radius 1 is 1.50 bits per heavy atom. The SMILES string of the molecule is CCCOC(=O)c1cc(CCC)[nH]n1. The second-order valence-electron chi connectivity index (χ2n) is 3.16. The van der Waals surface area contributed by atoms with Gasteiger partial charge in [0.2, 0.25) is 0 Å². The monoisotopic (exact) mass is 196 g/mol. The fraction of sp³-hybridized carbons (Fsp3) is 0.600. The summed E-state index contributed by atoms with van der Waals surface area (Å²) in [5.74, 6) is -0.342. The summed E-state index contributed by atoms with van der Waals surface area (Å²) in [6, 6.07) is 1.75. The molecule has 0 aliphatic rings. The molecule has 4 nitrogen and oxygen atoms in total. The normalized spacial score (nSPS) is 10.1. The molecule has 0 unspecified atom stereocenters. The van der Waals surface area contributed by atoms with Crippen LogP contribution in [0, 0.1) is 0 Å². The van der Waals surface area contributed by atoms with Gasteiger partial charge in [0, 0.05) is 5.69 Å². The molecule has 0 atom stereocenters. The summed E-state index contributed by atoms with van der Waals surface area (Å²) in [6.07, 6.45) is 2.78. The number of aromatic nitrogens is 2. The number of esters is 1. The van der Waals surface area contributed by atoms with E-state index in [2.05, 4.69) is 17.1 Å². The molecule has 0 amide bonds. The summed E-state index contributed by atoms with van der Waals surface area (Å²) >= 11 is 0. The minimum absolute atomic E-state index is 0.342. The second kappa shape index (κ2) is 5.42. The van der Waals surface area contributed by atoms with Crippen LogP contribution in [-0.2, 0) is 11.2 Å². The number of carbonyl (C=O) groups is 1. The van der Waals surface area contributed by atoms with Crippen molar-refractivity contribution in [3.05, 3.63) is 17.5 Å². The lowest BCUT2D eigenvalue weighted by molar-refractivity contribution is 0.0498. The van der Waals surface area contributed by atoms with Crippen LogP contribution in [0.15, 0.2) is 6.07 Å². The lowest BCUT2D eigenvalue weighted by Gasteiger charge is -1.97. The van der Waals surface area contributed by atoms with Gasteiger partial charge in [0.1, 0.15) is 0 Å². The van der Waals surface area contributed by atoms with Crippen LogP contribution in [0.25, 0.3) is 0 Å². The maximum atomic E-state index is 11.3. The van der Waals surface area contributed by atoms with Gasteiger partial charge in [-0.2, -0.15) is 5.10 Å². The minimum atomic E-state index is -0.342. The molecule has 0 radical (unpaired) electrons. The molecule has 14 heavy (non-hydrogen) atoms. The van der Waals surface area contributed by atoms with Crippen LogP contribution in [0.4, 0.5) is 0 Å². The molecule has 0 saturated carbocycles. The fourth-order valence-electron chi connectivity index (χ4n) is 1.13. The molecule has 1 aromatic rings. The zero-order valence-electron chi connectivity index (χ0n) is 8.67. The van der Waals surface area contributed by atoms with Crippen molar-refractivity contribution in [2.75, 3.05) is 6.61 Å². The summed E-state index contributed by atoms with van der Waals surface area (Å²) in [4.78, 5) is 11.3. The first-order valence-corrected chi connectivity index (χ1v) is 4.99. The van der Waals surface area contributed by atoms with Crippen molar-refractivity contribution < 1.29 is 9.53 Å². The summed E-state index contributed by atoms with van der Waals surface area (Å²) in [5, 5.41) is 6.70. The number of nitrogens with one attached hydrogen (secondary N) is 1. The van der Waals surface area contributed by atoms with Crippen molar-refractivity contribution in [3.8, 4) is 0 Å². The van der Waals surface area contributed by atoms with Gasteiger partial charge in [-0.15, -0.1) is 0 Å². The molecule has 78 valence electrons. The predicted molar refractivity (Wildman–Crippen MR) is 53.2 cm³/mol. The highest BCUT2D eigenvalue weighted by Crippen LogP contribution is 2.04. The first-order valence-electron chi connectivity index (χ1n) is 4.99. The van der Waals surface area contributed by atoms with E-state index in [9.17, 15) is 4.79 Å². The third-order valence-corrected chi connectivity index (χ3v) is 1.80. The largest absolute Gasteiger partial charge is 0.461 e. The molecule has 0 aliphatic heterocycles. The highest BCUT2D eigenvalue weighted by atomic mass is 16.5. The molecule has 0 spiro atoms. The summed E-state index contributed by atoms with van der Waals surface area (Å²) in [6.45, 7) is 4.49. The molecule has 1 rings (SSSR count). The van der Waals surface area contributed by atoms with Crippen molar-refractivity contribution in [1.29, 1.82) is 0 Å². The number of nitrogens with zero attached hydrogens (tertiary/aromatic N) is 1. The van der Waals surface area contributed by atoms with E-state index in [1.54, 1.807) is 6.07 Å². The second-order valence-corrected chi connectivity index (χ2v) is 3.16. The van der Waals surface area contributed by atoms with Crippen molar-refractivity contribution in [2.45, 2.75) is 33.1 Å². The number of aromatic amines is 1. The lowest BCUT2D eigenvalue weighted by Crippen LogP contribution is -2.06. The number of ether oxygens (including phenoxy) is 1. The third kappa shape index (κ3) is 2.87. The molecule has 1 N–H and O–H groups in total. The highest BCUT2D eigenvalue weighted by molar-refractivity contribution is 5.87. The lowest BCUT2D eigenvalue weighted by atomic mass is 10.2. The van der Waals surface area contributed by atoms with Gasteiger partial charge in [0.05, 0.1) is 6.61 Å². The number of H-pyrrole nitrogens is 1. The smallest absolute Gasteiger partial charge is 0.358 e. The van der Waals surface area contributed by atoms with Crippen molar-refractivity contribution >= 4 is 5.97 Å². The van der Waals surface area contributed by atoms with E-state index in [1.165, 1.54) is 0 Å². The first-order chi connectivity index (χ1) is 6.77. The maximum Gasteiger partial charge on any atom is 0.358 e. The number of hydrogen-bond donors (Lipinski definition) is 1. The Morgan fingerprint density at radius 3 is 2.93 bits per heavy atom. The molecule has 0 aliphatic carbocycles. The van der Waals surface area contributed by atoms with E-state index >= 15 is 0 Å². The molecular weight excluding hydrogens is 180 g/mol. The third-order valence-electron chi connectivity index (χ3n) is 1.80. The molecule has 0 saturated heterocycles. The van der Waals surface area contributed by atoms with Crippen LogP contribution >= 0.6 is 0 Å². The number of rotatable bonds is 5. The van der Waals surface area contributed by atoms with Gasteiger partial charge in [-0.3, -0.25) is 5.10 Å². The zero-order chi connectivity index (χ0) is 10.4. The van der Waals surface area contributed by atoms with Crippen LogP contribution in [0.3, 0.4) is 0 Å². The Morgan fingerprint density at radius 2 is 2.29 bits per heavy atom. The zero-order valence-corrected chi connectivity index (χ0v) is 8.67. The maximum absolute atomic E-state index is 11.3. The van der Waals surface area contributed by atoms with E-state index in [-0.39, 0.29) is 5.97 Å². The van der Waals surface area contributed by atoms with Gasteiger partial charge in [0.15, 0.2) is 5.69 Å². The Labute approximate surface area is 83.7 Å². The first kappa shape index (κ1) is 10.8. The van der Waals surface area contributed by atoms with Crippen LogP contribution in [0.5, 0.6) is 0 Å². The van der Waals surface area contributed by atoms with Crippen LogP contribution in [0.1, 0.15) is 42.9 Å². The summed E-state index contributed by atoms with van der Waals surface area (Å²) < 4.78 is 4.95. The van der Waals surface area contributed by atoms with Gasteiger partial charge in [-0.25, -0.2) is 4.79 Å². The molecular formula is C10H16N2O2. The number of aryl methyl sites for hydroxylation is 1. The van der Waals surface area contributed by atoms with Crippen molar-refractivity contribution in [2.24, 2.45) is 0 Å². The van der Waals surface area contributed by atoms with Gasteiger partial charge in [-0.05, 0) is 18.9 Å². The Balaban J connectivity index is 2.53. The van der Waals surface area contributed by atoms with E-state index in [0.717, 1.165) is 25.0 Å². The van der Waals surface area contributed by atoms with Gasteiger partial charge in [0.25, 0.3) is 0 Å². The number of carbonyl (C=O) groups excluding carboxylic acids is 1. The topological polar surface area (TPSA) is 55.0 Å². The summed E-state index contributed by atoms with van der Waals surface area (Å²) in [5.41, 5.74) is 1.36. The molecule has 0 aromatic carbocycles. The molecule has 0 fully saturated rings. The molecule has 4 heteroatoms. The van der Waals surface area contributed by atoms with Crippen molar-refractivity contribution in [1.82, 2.24) is 10.2 Å². The van der Waals surface area contributed by atoms with Crippen LogP contribution in [0.2, 0.25) is 0 Å². The van der Waals surface area contributed by atoms with Crippen molar-refractivity contribution in [3.63, 3.8) is 0 Å². The van der Waals surface area contributed by atoms with Gasteiger partial charge in [-0.1, -0.05) is 20.3 Å². The molecule has 0 bridgehead atoms. The Bertz CT molecular complexity index is 294. The minimum Gasteiger partial charge on any atom is -0.461 e. The van der Waals surface area contributed by atoms with E-state index in [1.807, 2.05) is 6.92 Å². The predicted octanol–water partition coefficient (Wildman–Crippen LogP) is 1.93. The van der Waals surface area contributed by atoms with Gasteiger partial charge < -0.3 is 4.74 Å². The standard InChI is InChI=1S/C10H16N2O2/c1-3-5-8-7-9(12-11-8)10(13)14-6-4-2/h7H,3-6H2,1-2H3,(H,11,12).